The van der Waals surface area contributed by atoms with Crippen LogP contribution in [-0.2, 0) is 17.9 Å². The van der Waals surface area contributed by atoms with E-state index in [9.17, 15) is 0 Å². The average molecular weight is 397 g/mol. The molecule has 1 unspecified atom stereocenters. The molecule has 0 aliphatic carbocycles. The molecule has 0 N–H and O–H groups in total. The summed E-state index contributed by atoms with van der Waals surface area (Å²) in [5, 5.41) is 3.47. The number of rotatable bonds is 6. The monoisotopic (exact) mass is 396 g/mol. The molecule has 4 aromatic rings. The molecule has 1 atom stereocenters. The highest BCUT2D eigenvalue weighted by molar-refractivity contribution is 6.42. The Kier molecular flexibility index (Phi) is 5.44. The van der Waals surface area contributed by atoms with Crippen LogP contribution in [0.3, 0.4) is 0 Å². The molecular weight excluding hydrogens is 379 g/mol. The van der Waals surface area contributed by atoms with Gasteiger partial charge in [-0.15, -0.1) is 0 Å². The minimum atomic E-state index is -0.125. The van der Waals surface area contributed by atoms with Gasteiger partial charge in [0.25, 0.3) is 0 Å². The number of nitrogens with zero attached hydrogens (tertiary/aromatic N) is 2. The summed E-state index contributed by atoms with van der Waals surface area (Å²) in [6.07, 6.45) is 5.40. The van der Waals surface area contributed by atoms with Gasteiger partial charge in [-0.1, -0.05) is 71.7 Å². The number of aromatic nitrogens is 2. The van der Waals surface area contributed by atoms with Crippen LogP contribution < -0.4 is 0 Å². The van der Waals surface area contributed by atoms with E-state index in [0.29, 0.717) is 23.2 Å². The van der Waals surface area contributed by atoms with Crippen molar-refractivity contribution in [3.63, 3.8) is 0 Å². The van der Waals surface area contributed by atoms with E-state index in [4.69, 9.17) is 27.9 Å². The molecule has 1 aromatic heterocycles. The van der Waals surface area contributed by atoms with Gasteiger partial charge >= 0.3 is 0 Å². The Hall–Kier alpha value is -2.33. The smallest absolute Gasteiger partial charge is 0.101 e. The minimum absolute atomic E-state index is 0.125. The molecule has 3 aromatic carbocycles. The van der Waals surface area contributed by atoms with Crippen molar-refractivity contribution in [3.05, 3.63) is 101 Å². The van der Waals surface area contributed by atoms with Gasteiger partial charge in [-0.25, -0.2) is 4.98 Å². The third-order valence-electron chi connectivity index (χ3n) is 4.54. The van der Waals surface area contributed by atoms with E-state index in [2.05, 4.69) is 41.4 Å². The maximum atomic E-state index is 6.34. The van der Waals surface area contributed by atoms with Gasteiger partial charge in [-0.3, -0.25) is 0 Å². The molecule has 0 radical (unpaired) electrons. The van der Waals surface area contributed by atoms with E-state index in [1.165, 1.54) is 10.8 Å². The second kappa shape index (κ2) is 8.13. The van der Waals surface area contributed by atoms with Crippen molar-refractivity contribution >= 4 is 34.0 Å². The Morgan fingerprint density at radius 2 is 1.81 bits per heavy atom. The van der Waals surface area contributed by atoms with Crippen molar-refractivity contribution < 1.29 is 4.74 Å². The summed E-state index contributed by atoms with van der Waals surface area (Å²) in [6, 6.07) is 20.2. The fourth-order valence-corrected chi connectivity index (χ4v) is 3.51. The molecule has 0 saturated heterocycles. The van der Waals surface area contributed by atoms with Crippen LogP contribution in [0.2, 0.25) is 10.0 Å². The first kappa shape index (κ1) is 18.1. The first-order valence-electron chi connectivity index (χ1n) is 8.69. The van der Waals surface area contributed by atoms with E-state index in [-0.39, 0.29) is 6.10 Å². The van der Waals surface area contributed by atoms with Gasteiger partial charge in [-0.2, -0.15) is 0 Å². The standard InChI is InChI=1S/C22H18Cl2N2O/c23-20-9-8-16(12-21(20)24)14-27-22(13-26-11-10-25-15-26)19-7-3-5-17-4-1-2-6-18(17)19/h1-12,15,22H,13-14H2. The largest absolute Gasteiger partial charge is 0.367 e. The molecule has 0 bridgehead atoms. The first-order valence-corrected chi connectivity index (χ1v) is 9.45. The molecule has 5 heteroatoms. The van der Waals surface area contributed by atoms with Crippen molar-refractivity contribution in [2.45, 2.75) is 19.3 Å². The van der Waals surface area contributed by atoms with Crippen molar-refractivity contribution in [2.24, 2.45) is 0 Å². The first-order chi connectivity index (χ1) is 13.2. The Morgan fingerprint density at radius 3 is 2.63 bits per heavy atom. The van der Waals surface area contributed by atoms with Gasteiger partial charge in [0.2, 0.25) is 0 Å². The van der Waals surface area contributed by atoms with Crippen LogP contribution >= 0.6 is 23.2 Å². The number of fused-ring (bicyclic) bond motifs is 1. The van der Waals surface area contributed by atoms with Crippen LogP contribution in [-0.4, -0.2) is 9.55 Å². The average Bonchev–Trinajstić information content (AvgIpc) is 3.20. The van der Waals surface area contributed by atoms with Crippen LogP contribution in [0.5, 0.6) is 0 Å². The molecule has 0 fully saturated rings. The third-order valence-corrected chi connectivity index (χ3v) is 5.28. The minimum Gasteiger partial charge on any atom is -0.367 e. The summed E-state index contributed by atoms with van der Waals surface area (Å²) in [5.41, 5.74) is 2.14. The zero-order valence-electron chi connectivity index (χ0n) is 14.6. The summed E-state index contributed by atoms with van der Waals surface area (Å²) in [5.74, 6) is 0. The number of halogens is 2. The van der Waals surface area contributed by atoms with Crippen LogP contribution in [0.4, 0.5) is 0 Å². The van der Waals surface area contributed by atoms with Crippen molar-refractivity contribution in [2.75, 3.05) is 0 Å². The zero-order chi connectivity index (χ0) is 18.6. The van der Waals surface area contributed by atoms with E-state index < -0.39 is 0 Å². The quantitative estimate of drug-likeness (QED) is 0.382. The van der Waals surface area contributed by atoms with Crippen LogP contribution in [0.1, 0.15) is 17.2 Å². The fraction of sp³-hybridized carbons (Fsp3) is 0.136. The summed E-state index contributed by atoms with van der Waals surface area (Å²) in [4.78, 5) is 4.15. The molecule has 0 spiro atoms. The lowest BCUT2D eigenvalue weighted by atomic mass is 10.00. The number of ether oxygens (including phenoxy) is 1. The second-order valence-corrected chi connectivity index (χ2v) is 7.19. The second-order valence-electron chi connectivity index (χ2n) is 6.38. The maximum Gasteiger partial charge on any atom is 0.101 e. The van der Waals surface area contributed by atoms with E-state index in [1.807, 2.05) is 29.0 Å². The molecule has 0 aliphatic heterocycles. The van der Waals surface area contributed by atoms with Gasteiger partial charge < -0.3 is 9.30 Å². The number of hydrogen-bond donors (Lipinski definition) is 0. The molecule has 0 amide bonds. The number of imidazole rings is 1. The van der Waals surface area contributed by atoms with Gasteiger partial charge in [0, 0.05) is 12.4 Å². The van der Waals surface area contributed by atoms with Crippen molar-refractivity contribution in [1.29, 1.82) is 0 Å². The normalized spacial score (nSPS) is 12.4. The van der Waals surface area contributed by atoms with Gasteiger partial charge in [0.05, 0.1) is 29.5 Å². The summed E-state index contributed by atoms with van der Waals surface area (Å²) in [7, 11) is 0. The Balaban J connectivity index is 1.65. The fourth-order valence-electron chi connectivity index (χ4n) is 3.18. The van der Waals surface area contributed by atoms with E-state index in [1.54, 1.807) is 18.6 Å². The third kappa shape index (κ3) is 4.16. The topological polar surface area (TPSA) is 27.1 Å². The van der Waals surface area contributed by atoms with Gasteiger partial charge in [0.15, 0.2) is 0 Å². The molecule has 27 heavy (non-hydrogen) atoms. The van der Waals surface area contributed by atoms with Gasteiger partial charge in [0.1, 0.15) is 6.10 Å². The summed E-state index contributed by atoms with van der Waals surface area (Å²) < 4.78 is 8.37. The zero-order valence-corrected chi connectivity index (χ0v) is 16.1. The Bertz CT molecular complexity index is 1040. The molecule has 136 valence electrons. The lowest BCUT2D eigenvalue weighted by molar-refractivity contribution is 0.0289. The van der Waals surface area contributed by atoms with Crippen LogP contribution in [0.25, 0.3) is 10.8 Å². The SMILES string of the molecule is Clc1ccc(COC(Cn2ccnc2)c2cccc3ccccc23)cc1Cl. The lowest BCUT2D eigenvalue weighted by Crippen LogP contribution is -2.12. The molecule has 1 heterocycles. The molecular formula is C22H18Cl2N2O. The number of benzene rings is 3. The Morgan fingerprint density at radius 1 is 0.963 bits per heavy atom. The molecule has 0 aliphatic rings. The predicted octanol–water partition coefficient (Wildman–Crippen LogP) is 6.30. The molecule has 3 nitrogen and oxygen atoms in total. The van der Waals surface area contributed by atoms with Gasteiger partial charge in [-0.05, 0) is 34.0 Å². The molecule has 0 saturated carbocycles. The Labute approximate surface area is 168 Å². The lowest BCUT2D eigenvalue weighted by Gasteiger charge is -2.21. The van der Waals surface area contributed by atoms with E-state index in [0.717, 1.165) is 11.1 Å². The highest BCUT2D eigenvalue weighted by Gasteiger charge is 2.16. The van der Waals surface area contributed by atoms with Crippen molar-refractivity contribution in [3.8, 4) is 0 Å². The highest BCUT2D eigenvalue weighted by atomic mass is 35.5. The number of hydrogen-bond acceptors (Lipinski definition) is 2. The summed E-state index contributed by atoms with van der Waals surface area (Å²) in [6.45, 7) is 1.12. The maximum absolute atomic E-state index is 6.34. The predicted molar refractivity (Wildman–Crippen MR) is 110 cm³/mol. The van der Waals surface area contributed by atoms with Crippen molar-refractivity contribution in [1.82, 2.24) is 9.55 Å². The van der Waals surface area contributed by atoms with Crippen LogP contribution in [0.15, 0.2) is 79.4 Å². The highest BCUT2D eigenvalue weighted by Crippen LogP contribution is 2.30. The van der Waals surface area contributed by atoms with Crippen LogP contribution in [0, 0.1) is 0 Å². The summed E-state index contributed by atoms with van der Waals surface area (Å²) >= 11 is 12.2. The van der Waals surface area contributed by atoms with E-state index >= 15 is 0 Å². The molecule has 4 rings (SSSR count).